The predicted octanol–water partition coefficient (Wildman–Crippen LogP) is 7.22. The molecule has 3 rings (SSSR count). The first kappa shape index (κ1) is 25.6. The standard InChI is InChI=1S/C30H39NO3/c1-5-6-7-13-23-18-27(32)26(17-16-22(4)12-10-11-21(2)3)29(33)28(23)30(34)31-19-24-14-8-9-15-25(24)20-31/h8-9,11,14-16,18,32-33H,5-7,10,12-13,17,19-20H2,1-4H3. The molecule has 4 nitrogen and oxygen atoms in total. The molecule has 0 aromatic heterocycles. The Labute approximate surface area is 204 Å². The van der Waals surface area contributed by atoms with Crippen LogP contribution in [0.15, 0.2) is 53.6 Å². The Kier molecular flexibility index (Phi) is 8.98. The van der Waals surface area contributed by atoms with Gasteiger partial charge in [-0.1, -0.05) is 67.3 Å². The summed E-state index contributed by atoms with van der Waals surface area (Å²) in [5.74, 6) is -0.162. The molecular formula is C30H39NO3. The topological polar surface area (TPSA) is 60.8 Å². The molecular weight excluding hydrogens is 422 g/mol. The van der Waals surface area contributed by atoms with Gasteiger partial charge in [-0.25, -0.2) is 0 Å². The number of carbonyl (C=O) groups excluding carboxylic acids is 1. The van der Waals surface area contributed by atoms with E-state index < -0.39 is 0 Å². The number of hydrogen-bond acceptors (Lipinski definition) is 3. The fourth-order valence-corrected chi connectivity index (χ4v) is 4.55. The van der Waals surface area contributed by atoms with Crippen LogP contribution in [-0.2, 0) is 25.9 Å². The van der Waals surface area contributed by atoms with Gasteiger partial charge in [0.2, 0.25) is 0 Å². The van der Waals surface area contributed by atoms with Crippen molar-refractivity contribution in [2.75, 3.05) is 0 Å². The van der Waals surface area contributed by atoms with E-state index in [1.54, 1.807) is 11.0 Å². The minimum atomic E-state index is -0.161. The molecule has 1 heterocycles. The number of aromatic hydroxyl groups is 2. The van der Waals surface area contributed by atoms with Crippen molar-refractivity contribution < 1.29 is 15.0 Å². The Hall–Kier alpha value is -3.01. The Bertz CT molecular complexity index is 1050. The highest BCUT2D eigenvalue weighted by atomic mass is 16.3. The van der Waals surface area contributed by atoms with Gasteiger partial charge in [-0.05, 0) is 75.6 Å². The molecule has 0 aliphatic carbocycles. The van der Waals surface area contributed by atoms with Gasteiger partial charge in [-0.2, -0.15) is 0 Å². The lowest BCUT2D eigenvalue weighted by molar-refractivity contribution is 0.0747. The monoisotopic (exact) mass is 461 g/mol. The summed E-state index contributed by atoms with van der Waals surface area (Å²) in [5.41, 5.74) is 6.32. The van der Waals surface area contributed by atoms with Crippen molar-refractivity contribution in [1.29, 1.82) is 0 Å². The van der Waals surface area contributed by atoms with Crippen LogP contribution in [0.1, 0.15) is 92.4 Å². The van der Waals surface area contributed by atoms with Crippen LogP contribution in [0.3, 0.4) is 0 Å². The number of rotatable bonds is 10. The summed E-state index contributed by atoms with van der Waals surface area (Å²) in [6.07, 6.45) is 10.2. The second kappa shape index (κ2) is 11.9. The Morgan fingerprint density at radius 1 is 1.03 bits per heavy atom. The smallest absolute Gasteiger partial charge is 0.258 e. The second-order valence-electron chi connectivity index (χ2n) is 9.72. The Balaban J connectivity index is 1.89. The number of hydrogen-bond donors (Lipinski definition) is 2. The number of aryl methyl sites for hydroxylation is 1. The molecule has 2 N–H and O–H groups in total. The summed E-state index contributed by atoms with van der Waals surface area (Å²) in [5, 5.41) is 22.1. The summed E-state index contributed by atoms with van der Waals surface area (Å²) in [6, 6.07) is 9.79. The maximum absolute atomic E-state index is 13.7. The van der Waals surface area contributed by atoms with E-state index in [0.717, 1.165) is 48.8 Å². The van der Waals surface area contributed by atoms with E-state index in [9.17, 15) is 15.0 Å². The van der Waals surface area contributed by atoms with E-state index in [4.69, 9.17) is 0 Å². The molecule has 0 spiro atoms. The molecule has 0 fully saturated rings. The van der Waals surface area contributed by atoms with Crippen molar-refractivity contribution in [2.24, 2.45) is 0 Å². The number of phenols is 2. The average Bonchev–Trinajstić information content (AvgIpc) is 3.23. The third-order valence-corrected chi connectivity index (χ3v) is 6.60. The van der Waals surface area contributed by atoms with Gasteiger partial charge in [0, 0.05) is 18.7 Å². The zero-order chi connectivity index (χ0) is 24.7. The molecule has 1 aliphatic heterocycles. The highest BCUT2D eigenvalue weighted by molar-refractivity contribution is 5.99. The molecule has 0 bridgehead atoms. The zero-order valence-electron chi connectivity index (χ0n) is 21.2. The summed E-state index contributed by atoms with van der Waals surface area (Å²) in [4.78, 5) is 15.5. The van der Waals surface area contributed by atoms with Gasteiger partial charge >= 0.3 is 0 Å². The minimum Gasteiger partial charge on any atom is -0.508 e. The molecule has 2 aromatic rings. The Morgan fingerprint density at radius 2 is 1.71 bits per heavy atom. The van der Waals surface area contributed by atoms with E-state index in [-0.39, 0.29) is 17.4 Å². The van der Waals surface area contributed by atoms with Crippen molar-refractivity contribution in [2.45, 2.75) is 85.7 Å². The number of phenolic OH excluding ortho intramolecular Hbond substituents is 2. The molecule has 0 atom stereocenters. The molecule has 4 heteroatoms. The SMILES string of the molecule is CCCCCc1cc(O)c(CC=C(C)CCC=C(C)C)c(O)c1C(=O)N1Cc2ccccc2C1. The predicted molar refractivity (Wildman–Crippen MR) is 139 cm³/mol. The summed E-state index contributed by atoms with van der Waals surface area (Å²) in [7, 11) is 0. The molecule has 0 saturated carbocycles. The first-order chi connectivity index (χ1) is 16.3. The molecule has 2 aromatic carbocycles. The Morgan fingerprint density at radius 3 is 2.32 bits per heavy atom. The zero-order valence-corrected chi connectivity index (χ0v) is 21.2. The summed E-state index contributed by atoms with van der Waals surface area (Å²) < 4.78 is 0. The molecule has 34 heavy (non-hydrogen) atoms. The number of allylic oxidation sites excluding steroid dienone is 4. The molecule has 1 amide bonds. The van der Waals surface area contributed by atoms with Gasteiger partial charge in [0.05, 0.1) is 5.56 Å². The van der Waals surface area contributed by atoms with Crippen LogP contribution in [0, 0.1) is 0 Å². The van der Waals surface area contributed by atoms with Crippen LogP contribution in [0.25, 0.3) is 0 Å². The molecule has 1 aliphatic rings. The van der Waals surface area contributed by atoms with E-state index >= 15 is 0 Å². The largest absolute Gasteiger partial charge is 0.508 e. The van der Waals surface area contributed by atoms with Crippen LogP contribution >= 0.6 is 0 Å². The fraction of sp³-hybridized carbons (Fsp3) is 0.433. The fourth-order valence-electron chi connectivity index (χ4n) is 4.55. The normalized spacial score (nSPS) is 13.2. The van der Waals surface area contributed by atoms with E-state index in [0.29, 0.717) is 37.1 Å². The third-order valence-electron chi connectivity index (χ3n) is 6.60. The van der Waals surface area contributed by atoms with Crippen molar-refractivity contribution in [3.8, 4) is 11.5 Å². The van der Waals surface area contributed by atoms with Crippen molar-refractivity contribution in [1.82, 2.24) is 4.90 Å². The van der Waals surface area contributed by atoms with Gasteiger partial charge in [0.1, 0.15) is 11.5 Å². The number of nitrogens with zero attached hydrogens (tertiary/aromatic N) is 1. The van der Waals surface area contributed by atoms with Crippen molar-refractivity contribution in [3.63, 3.8) is 0 Å². The lowest BCUT2D eigenvalue weighted by atomic mass is 9.94. The van der Waals surface area contributed by atoms with E-state index in [2.05, 4.69) is 45.9 Å². The van der Waals surface area contributed by atoms with E-state index in [1.165, 1.54) is 11.1 Å². The summed E-state index contributed by atoms with van der Waals surface area (Å²) >= 11 is 0. The number of benzene rings is 2. The maximum Gasteiger partial charge on any atom is 0.258 e. The number of unbranched alkanes of at least 4 members (excludes halogenated alkanes) is 2. The van der Waals surface area contributed by atoms with Crippen LogP contribution in [0.4, 0.5) is 0 Å². The average molecular weight is 462 g/mol. The highest BCUT2D eigenvalue weighted by Gasteiger charge is 2.29. The van der Waals surface area contributed by atoms with Gasteiger partial charge in [0.25, 0.3) is 5.91 Å². The van der Waals surface area contributed by atoms with E-state index in [1.807, 2.05) is 18.2 Å². The quantitative estimate of drug-likeness (QED) is 0.290. The molecule has 182 valence electrons. The van der Waals surface area contributed by atoms with Gasteiger partial charge < -0.3 is 15.1 Å². The number of fused-ring (bicyclic) bond motifs is 1. The maximum atomic E-state index is 13.7. The van der Waals surface area contributed by atoms with Gasteiger partial charge in [-0.3, -0.25) is 4.79 Å². The number of amides is 1. The lowest BCUT2D eigenvalue weighted by Crippen LogP contribution is -2.26. The van der Waals surface area contributed by atoms with Crippen LogP contribution in [0.2, 0.25) is 0 Å². The van der Waals surface area contributed by atoms with Gasteiger partial charge in [-0.15, -0.1) is 0 Å². The number of carbonyl (C=O) groups is 1. The van der Waals surface area contributed by atoms with Gasteiger partial charge in [0.15, 0.2) is 0 Å². The minimum absolute atomic E-state index is 0.0682. The highest BCUT2D eigenvalue weighted by Crippen LogP contribution is 2.37. The molecule has 0 radical (unpaired) electrons. The lowest BCUT2D eigenvalue weighted by Gasteiger charge is -2.21. The van der Waals surface area contributed by atoms with Crippen LogP contribution in [0.5, 0.6) is 11.5 Å². The second-order valence-corrected chi connectivity index (χ2v) is 9.72. The third kappa shape index (κ3) is 6.31. The molecule has 0 unspecified atom stereocenters. The first-order valence-corrected chi connectivity index (χ1v) is 12.5. The van der Waals surface area contributed by atoms with Crippen molar-refractivity contribution in [3.05, 3.63) is 81.4 Å². The van der Waals surface area contributed by atoms with Crippen LogP contribution < -0.4 is 0 Å². The van der Waals surface area contributed by atoms with Crippen LogP contribution in [-0.4, -0.2) is 21.0 Å². The summed E-state index contributed by atoms with van der Waals surface area (Å²) in [6.45, 7) is 9.48. The first-order valence-electron chi connectivity index (χ1n) is 12.5. The van der Waals surface area contributed by atoms with Crippen molar-refractivity contribution >= 4 is 5.91 Å². The molecule has 0 saturated heterocycles.